The molecule has 3 heteroatoms. The molecule has 0 aliphatic carbocycles. The lowest BCUT2D eigenvalue weighted by Crippen LogP contribution is -2.38. The maximum absolute atomic E-state index is 12.8. The molecule has 3 rings (SSSR count). The fourth-order valence-corrected chi connectivity index (χ4v) is 2.97. The average molecular weight is 281 g/mol. The van der Waals surface area contributed by atoms with Crippen molar-refractivity contribution in [2.75, 3.05) is 11.4 Å². The number of aromatic hydroxyl groups is 1. The highest BCUT2D eigenvalue weighted by molar-refractivity contribution is 6.00. The van der Waals surface area contributed by atoms with Crippen molar-refractivity contribution >= 4 is 11.6 Å². The molecule has 2 aromatic rings. The van der Waals surface area contributed by atoms with Crippen LogP contribution in [0.2, 0.25) is 0 Å². The predicted octanol–water partition coefficient (Wildman–Crippen LogP) is 3.48. The van der Waals surface area contributed by atoms with Gasteiger partial charge < -0.3 is 10.0 Å². The van der Waals surface area contributed by atoms with E-state index in [4.69, 9.17) is 0 Å². The van der Waals surface area contributed by atoms with Crippen LogP contribution in [0, 0.1) is 0 Å². The Bertz CT molecular complexity index is 652. The molecule has 0 fully saturated rings. The van der Waals surface area contributed by atoms with Crippen molar-refractivity contribution < 1.29 is 9.90 Å². The van der Waals surface area contributed by atoms with Gasteiger partial charge in [-0.05, 0) is 37.0 Å². The fourth-order valence-electron chi connectivity index (χ4n) is 2.97. The number of fused-ring (bicyclic) bond motifs is 1. The lowest BCUT2D eigenvalue weighted by molar-refractivity contribution is -0.119. The van der Waals surface area contributed by atoms with Crippen LogP contribution in [0.4, 0.5) is 5.69 Å². The molecule has 0 radical (unpaired) electrons. The second kappa shape index (κ2) is 5.60. The average Bonchev–Trinajstić information content (AvgIpc) is 2.54. The van der Waals surface area contributed by atoms with Gasteiger partial charge in [-0.25, -0.2) is 0 Å². The number of hydrogen-bond acceptors (Lipinski definition) is 2. The van der Waals surface area contributed by atoms with Gasteiger partial charge in [0.05, 0.1) is 11.6 Å². The Labute approximate surface area is 124 Å². The number of hydrogen-bond donors (Lipinski definition) is 1. The third-order valence-electron chi connectivity index (χ3n) is 4.13. The summed E-state index contributed by atoms with van der Waals surface area (Å²) in [7, 11) is 0. The Morgan fingerprint density at radius 1 is 1.14 bits per heavy atom. The number of carbonyl (C=O) groups excluding carboxylic acids is 1. The first-order valence-corrected chi connectivity index (χ1v) is 7.35. The van der Waals surface area contributed by atoms with E-state index in [2.05, 4.69) is 0 Å². The number of phenols is 1. The Balaban J connectivity index is 1.94. The van der Waals surface area contributed by atoms with Gasteiger partial charge in [0, 0.05) is 6.54 Å². The zero-order valence-electron chi connectivity index (χ0n) is 12.1. The van der Waals surface area contributed by atoms with Crippen molar-refractivity contribution in [3.63, 3.8) is 0 Å². The molecule has 0 saturated heterocycles. The molecule has 1 aliphatic rings. The van der Waals surface area contributed by atoms with Crippen LogP contribution in [-0.2, 0) is 11.2 Å². The summed E-state index contributed by atoms with van der Waals surface area (Å²) in [6, 6.07) is 15.3. The topological polar surface area (TPSA) is 40.5 Å². The first kappa shape index (κ1) is 13.7. The molecule has 1 aliphatic heterocycles. The van der Waals surface area contributed by atoms with Crippen molar-refractivity contribution in [1.29, 1.82) is 0 Å². The van der Waals surface area contributed by atoms with Crippen LogP contribution in [0.1, 0.15) is 30.4 Å². The van der Waals surface area contributed by atoms with Gasteiger partial charge in [-0.2, -0.15) is 0 Å². The number of rotatable bonds is 2. The molecular weight excluding hydrogens is 262 g/mol. The maximum atomic E-state index is 12.8. The summed E-state index contributed by atoms with van der Waals surface area (Å²) in [5.74, 6) is 0.0289. The third-order valence-corrected chi connectivity index (χ3v) is 4.13. The molecular formula is C18H19NO2. The van der Waals surface area contributed by atoms with Gasteiger partial charge in [0.25, 0.3) is 0 Å². The Morgan fingerprint density at radius 3 is 2.67 bits per heavy atom. The summed E-state index contributed by atoms with van der Waals surface area (Å²) < 4.78 is 0. The minimum absolute atomic E-state index is 0.0450. The second-order valence-corrected chi connectivity index (χ2v) is 5.51. The summed E-state index contributed by atoms with van der Waals surface area (Å²) in [5, 5.41) is 10.1. The third kappa shape index (κ3) is 2.51. The van der Waals surface area contributed by atoms with Crippen molar-refractivity contribution in [3.8, 4) is 5.75 Å². The van der Waals surface area contributed by atoms with Gasteiger partial charge in [0.1, 0.15) is 5.75 Å². The first-order chi connectivity index (χ1) is 10.2. The lowest BCUT2D eigenvalue weighted by Gasteiger charge is -2.32. The highest BCUT2D eigenvalue weighted by Crippen LogP contribution is 2.37. The molecule has 0 spiro atoms. The van der Waals surface area contributed by atoms with Crippen LogP contribution in [0.3, 0.4) is 0 Å². The molecule has 108 valence electrons. The van der Waals surface area contributed by atoms with Crippen LogP contribution in [0.5, 0.6) is 5.75 Å². The van der Waals surface area contributed by atoms with E-state index in [-0.39, 0.29) is 17.6 Å². The number of carbonyl (C=O) groups is 1. The lowest BCUT2D eigenvalue weighted by atomic mass is 9.96. The Morgan fingerprint density at radius 2 is 1.90 bits per heavy atom. The number of nitrogens with zero attached hydrogens (tertiary/aromatic N) is 1. The number of anilines is 1. The standard InChI is InChI=1S/C18H19NO2/c1-13(14-7-3-2-4-8-14)18(21)19-12-6-10-15-9-5-11-16(20)17(15)19/h2-5,7-9,11,13,20H,6,10,12H2,1H3. The van der Waals surface area contributed by atoms with Gasteiger partial charge in [0.2, 0.25) is 5.91 Å². The van der Waals surface area contributed by atoms with Crippen LogP contribution in [-0.4, -0.2) is 17.6 Å². The highest BCUT2D eigenvalue weighted by atomic mass is 16.3. The van der Waals surface area contributed by atoms with Gasteiger partial charge in [-0.15, -0.1) is 0 Å². The van der Waals surface area contributed by atoms with Gasteiger partial charge in [-0.3, -0.25) is 4.79 Å². The number of para-hydroxylation sites is 1. The van der Waals surface area contributed by atoms with Crippen molar-refractivity contribution in [3.05, 3.63) is 59.7 Å². The van der Waals surface area contributed by atoms with Crippen molar-refractivity contribution in [2.45, 2.75) is 25.7 Å². The van der Waals surface area contributed by atoms with Gasteiger partial charge >= 0.3 is 0 Å². The zero-order valence-corrected chi connectivity index (χ0v) is 12.1. The van der Waals surface area contributed by atoms with E-state index in [1.165, 1.54) is 0 Å². The molecule has 0 aromatic heterocycles. The molecule has 2 aromatic carbocycles. The number of benzene rings is 2. The van der Waals surface area contributed by atoms with Crippen LogP contribution < -0.4 is 4.90 Å². The van der Waals surface area contributed by atoms with Crippen LogP contribution in [0.15, 0.2) is 48.5 Å². The molecule has 0 saturated carbocycles. The highest BCUT2D eigenvalue weighted by Gasteiger charge is 2.28. The zero-order chi connectivity index (χ0) is 14.8. The van der Waals surface area contributed by atoms with Crippen molar-refractivity contribution in [2.24, 2.45) is 0 Å². The van der Waals surface area contributed by atoms with Gasteiger partial charge in [-0.1, -0.05) is 42.5 Å². The van der Waals surface area contributed by atoms with E-state index in [1.54, 1.807) is 11.0 Å². The Kier molecular flexibility index (Phi) is 3.65. The minimum Gasteiger partial charge on any atom is -0.506 e. The SMILES string of the molecule is CC(C(=O)N1CCCc2cccc(O)c21)c1ccccc1. The van der Waals surface area contributed by atoms with Gasteiger partial charge in [0.15, 0.2) is 0 Å². The van der Waals surface area contributed by atoms with E-state index >= 15 is 0 Å². The van der Waals surface area contributed by atoms with Crippen LogP contribution in [0.25, 0.3) is 0 Å². The largest absolute Gasteiger partial charge is 0.506 e. The maximum Gasteiger partial charge on any atom is 0.234 e. The van der Waals surface area contributed by atoms with Crippen molar-refractivity contribution in [1.82, 2.24) is 0 Å². The predicted molar refractivity (Wildman–Crippen MR) is 83.6 cm³/mol. The first-order valence-electron chi connectivity index (χ1n) is 7.35. The monoisotopic (exact) mass is 281 g/mol. The molecule has 1 amide bonds. The number of phenolic OH excluding ortho intramolecular Hbond substituents is 1. The van der Waals surface area contributed by atoms with E-state index in [1.807, 2.05) is 49.4 Å². The van der Waals surface area contributed by atoms with E-state index in [9.17, 15) is 9.90 Å². The summed E-state index contributed by atoms with van der Waals surface area (Å²) in [6.07, 6.45) is 1.84. The molecule has 21 heavy (non-hydrogen) atoms. The Hall–Kier alpha value is -2.29. The summed E-state index contributed by atoms with van der Waals surface area (Å²) in [6.45, 7) is 2.59. The molecule has 3 nitrogen and oxygen atoms in total. The number of aryl methyl sites for hydroxylation is 1. The van der Waals surface area contributed by atoms with E-state index < -0.39 is 0 Å². The smallest absolute Gasteiger partial charge is 0.234 e. The van der Waals surface area contributed by atoms with Crippen LogP contribution >= 0.6 is 0 Å². The molecule has 1 N–H and O–H groups in total. The van der Waals surface area contributed by atoms with E-state index in [0.717, 1.165) is 24.0 Å². The minimum atomic E-state index is -0.211. The second-order valence-electron chi connectivity index (χ2n) is 5.51. The molecule has 0 bridgehead atoms. The normalized spacial score (nSPS) is 15.4. The summed E-state index contributed by atoms with van der Waals surface area (Å²) in [4.78, 5) is 14.6. The molecule has 1 unspecified atom stereocenters. The fraction of sp³-hybridized carbons (Fsp3) is 0.278. The summed E-state index contributed by atoms with van der Waals surface area (Å²) >= 11 is 0. The van der Waals surface area contributed by atoms with E-state index in [0.29, 0.717) is 12.2 Å². The molecule has 1 heterocycles. The summed E-state index contributed by atoms with van der Waals surface area (Å²) in [5.41, 5.74) is 2.75. The quantitative estimate of drug-likeness (QED) is 0.915. The molecule has 1 atom stereocenters. The number of amides is 1.